The van der Waals surface area contributed by atoms with Crippen molar-refractivity contribution in [1.29, 1.82) is 0 Å². The number of aromatic amines is 1. The Morgan fingerprint density at radius 2 is 1.84 bits per heavy atom. The van der Waals surface area contributed by atoms with E-state index in [0.717, 1.165) is 0 Å². The molecular formula is C12H21N3O3S. The molecule has 0 spiro atoms. The molecular weight excluding hydrogens is 266 g/mol. The molecule has 0 atom stereocenters. The summed E-state index contributed by atoms with van der Waals surface area (Å²) < 4.78 is 27.7. The molecule has 0 radical (unpaired) electrons. The van der Waals surface area contributed by atoms with Crippen LogP contribution >= 0.6 is 0 Å². The molecule has 1 aromatic heterocycles. The molecule has 0 amide bonds. The number of H-pyrrole nitrogens is 1. The average molecular weight is 287 g/mol. The smallest absolute Gasteiger partial charge is 0.279 e. The molecule has 0 aromatic carbocycles. The normalized spacial score (nSPS) is 12.1. The molecule has 0 saturated heterocycles. The van der Waals surface area contributed by atoms with Crippen LogP contribution in [0.4, 0.5) is 0 Å². The SMILES string of the molecule is CCN(CC)S(=O)(=O)NCc1[nH]cc(C)c(=O)c1C. The minimum absolute atomic E-state index is 0.0595. The van der Waals surface area contributed by atoms with Gasteiger partial charge < -0.3 is 4.98 Å². The first-order valence-electron chi connectivity index (χ1n) is 6.26. The monoisotopic (exact) mass is 287 g/mol. The Labute approximate surface area is 114 Å². The van der Waals surface area contributed by atoms with Crippen molar-refractivity contribution >= 4 is 10.2 Å². The van der Waals surface area contributed by atoms with Crippen LogP contribution < -0.4 is 10.2 Å². The summed E-state index contributed by atoms with van der Waals surface area (Å²) in [6, 6.07) is 0. The van der Waals surface area contributed by atoms with Gasteiger partial charge in [-0.1, -0.05) is 13.8 Å². The molecule has 0 fully saturated rings. The number of hydrogen-bond acceptors (Lipinski definition) is 3. The van der Waals surface area contributed by atoms with Gasteiger partial charge in [0.05, 0.1) is 6.54 Å². The highest BCUT2D eigenvalue weighted by Crippen LogP contribution is 2.03. The molecule has 108 valence electrons. The van der Waals surface area contributed by atoms with Gasteiger partial charge >= 0.3 is 0 Å². The quantitative estimate of drug-likeness (QED) is 0.806. The molecule has 1 heterocycles. The van der Waals surface area contributed by atoms with E-state index >= 15 is 0 Å². The number of rotatable bonds is 6. The highest BCUT2D eigenvalue weighted by Gasteiger charge is 2.18. The number of aryl methyl sites for hydroxylation is 1. The standard InChI is InChI=1S/C12H21N3O3S/c1-5-15(6-2)19(17,18)14-8-11-10(4)12(16)9(3)7-13-11/h7,14H,5-6,8H2,1-4H3,(H,13,16). The minimum Gasteiger partial charge on any atom is -0.363 e. The number of aromatic nitrogens is 1. The predicted octanol–water partition coefficient (Wildman–Crippen LogP) is 0.668. The van der Waals surface area contributed by atoms with Crippen LogP contribution in [0, 0.1) is 13.8 Å². The topological polar surface area (TPSA) is 82.3 Å². The summed E-state index contributed by atoms with van der Waals surface area (Å²) in [4.78, 5) is 14.7. The highest BCUT2D eigenvalue weighted by molar-refractivity contribution is 7.87. The van der Waals surface area contributed by atoms with Crippen molar-refractivity contribution in [3.05, 3.63) is 33.2 Å². The molecule has 0 bridgehead atoms. The number of hydrogen-bond donors (Lipinski definition) is 2. The Hall–Kier alpha value is -1.18. The lowest BCUT2D eigenvalue weighted by Crippen LogP contribution is -2.40. The Morgan fingerprint density at radius 1 is 1.26 bits per heavy atom. The first-order valence-corrected chi connectivity index (χ1v) is 7.70. The first-order chi connectivity index (χ1) is 8.83. The van der Waals surface area contributed by atoms with Crippen molar-refractivity contribution in [1.82, 2.24) is 14.0 Å². The van der Waals surface area contributed by atoms with E-state index in [-0.39, 0.29) is 12.0 Å². The second kappa shape index (κ2) is 6.31. The van der Waals surface area contributed by atoms with Crippen LogP contribution in [0.25, 0.3) is 0 Å². The van der Waals surface area contributed by atoms with Gasteiger partial charge in [0.15, 0.2) is 5.43 Å². The maximum atomic E-state index is 12.0. The summed E-state index contributed by atoms with van der Waals surface area (Å²) >= 11 is 0. The van der Waals surface area contributed by atoms with Crippen molar-refractivity contribution in [3.63, 3.8) is 0 Å². The van der Waals surface area contributed by atoms with Gasteiger partial charge in [-0.25, -0.2) is 0 Å². The summed E-state index contributed by atoms with van der Waals surface area (Å²) in [5.74, 6) is 0. The van der Waals surface area contributed by atoms with Crippen LogP contribution in [0.3, 0.4) is 0 Å². The minimum atomic E-state index is -3.50. The lowest BCUT2D eigenvalue weighted by Gasteiger charge is -2.19. The van der Waals surface area contributed by atoms with Gasteiger partial charge in [-0.15, -0.1) is 0 Å². The van der Waals surface area contributed by atoms with Crippen molar-refractivity contribution in [2.75, 3.05) is 13.1 Å². The molecule has 7 heteroatoms. The van der Waals surface area contributed by atoms with Gasteiger partial charge in [-0.2, -0.15) is 17.4 Å². The van der Waals surface area contributed by atoms with Gasteiger partial charge in [0.25, 0.3) is 10.2 Å². The fourth-order valence-corrected chi connectivity index (χ4v) is 2.99. The third-order valence-electron chi connectivity index (χ3n) is 3.09. The number of nitrogens with one attached hydrogen (secondary N) is 2. The third-order valence-corrected chi connectivity index (χ3v) is 4.80. The van der Waals surface area contributed by atoms with E-state index in [9.17, 15) is 13.2 Å². The van der Waals surface area contributed by atoms with E-state index in [4.69, 9.17) is 0 Å². The highest BCUT2D eigenvalue weighted by atomic mass is 32.2. The second-order valence-corrected chi connectivity index (χ2v) is 6.07. The molecule has 1 rings (SSSR count). The van der Waals surface area contributed by atoms with E-state index in [1.165, 1.54) is 4.31 Å². The fourth-order valence-electron chi connectivity index (χ4n) is 1.80. The van der Waals surface area contributed by atoms with Gasteiger partial charge in [0.2, 0.25) is 0 Å². The van der Waals surface area contributed by atoms with Crippen molar-refractivity contribution < 1.29 is 8.42 Å². The van der Waals surface area contributed by atoms with E-state index in [2.05, 4.69) is 9.71 Å². The van der Waals surface area contributed by atoms with Crippen molar-refractivity contribution in [2.24, 2.45) is 0 Å². The predicted molar refractivity (Wildman–Crippen MR) is 75.2 cm³/mol. The molecule has 19 heavy (non-hydrogen) atoms. The second-order valence-electron chi connectivity index (χ2n) is 4.31. The Bertz CT molecular complexity index is 589. The van der Waals surface area contributed by atoms with Crippen LogP contribution in [0.5, 0.6) is 0 Å². The zero-order chi connectivity index (χ0) is 14.6. The Balaban J connectivity index is 2.89. The van der Waals surface area contributed by atoms with Gasteiger partial charge in [0, 0.05) is 36.1 Å². The zero-order valence-corrected chi connectivity index (χ0v) is 12.6. The third kappa shape index (κ3) is 3.65. The summed E-state index contributed by atoms with van der Waals surface area (Å²) in [6.45, 7) is 7.87. The van der Waals surface area contributed by atoms with Crippen LogP contribution in [-0.2, 0) is 16.8 Å². The van der Waals surface area contributed by atoms with Gasteiger partial charge in [0.1, 0.15) is 0 Å². The molecule has 2 N–H and O–H groups in total. The molecule has 0 saturated carbocycles. The van der Waals surface area contributed by atoms with Crippen LogP contribution in [0.2, 0.25) is 0 Å². The first kappa shape index (κ1) is 15.9. The molecule has 0 unspecified atom stereocenters. The molecule has 0 aliphatic carbocycles. The Kier molecular flexibility index (Phi) is 5.28. The maximum absolute atomic E-state index is 12.0. The van der Waals surface area contributed by atoms with Gasteiger partial charge in [-0.3, -0.25) is 4.79 Å². The van der Waals surface area contributed by atoms with Crippen LogP contribution in [0.1, 0.15) is 30.7 Å². The Morgan fingerprint density at radius 3 is 2.37 bits per heavy atom. The van der Waals surface area contributed by atoms with Crippen LogP contribution in [0.15, 0.2) is 11.0 Å². The van der Waals surface area contributed by atoms with Crippen molar-refractivity contribution in [2.45, 2.75) is 34.2 Å². The van der Waals surface area contributed by atoms with E-state index in [1.807, 2.05) is 0 Å². The van der Waals surface area contributed by atoms with E-state index < -0.39 is 10.2 Å². The summed E-state index contributed by atoms with van der Waals surface area (Å²) in [5.41, 5.74) is 1.69. The molecule has 0 aliphatic heterocycles. The lowest BCUT2D eigenvalue weighted by atomic mass is 10.1. The molecule has 0 aliphatic rings. The summed E-state index contributed by atoms with van der Waals surface area (Å²) in [5, 5.41) is 0. The summed E-state index contributed by atoms with van der Waals surface area (Å²) in [7, 11) is -3.50. The van der Waals surface area contributed by atoms with Gasteiger partial charge in [-0.05, 0) is 13.8 Å². The van der Waals surface area contributed by atoms with Crippen LogP contribution in [-0.4, -0.2) is 30.8 Å². The van der Waals surface area contributed by atoms with Crippen molar-refractivity contribution in [3.8, 4) is 0 Å². The largest absolute Gasteiger partial charge is 0.363 e. The van der Waals surface area contributed by atoms with E-state index in [1.54, 1.807) is 33.9 Å². The molecule has 1 aromatic rings. The molecule has 6 nitrogen and oxygen atoms in total. The zero-order valence-electron chi connectivity index (χ0n) is 11.8. The summed E-state index contributed by atoms with van der Waals surface area (Å²) in [6.07, 6.45) is 1.59. The lowest BCUT2D eigenvalue weighted by molar-refractivity contribution is 0.434. The average Bonchev–Trinajstić information content (AvgIpc) is 2.36. The number of nitrogens with zero attached hydrogens (tertiary/aromatic N) is 1. The number of pyridine rings is 1. The fraction of sp³-hybridized carbons (Fsp3) is 0.583. The van der Waals surface area contributed by atoms with E-state index in [0.29, 0.717) is 29.9 Å². The maximum Gasteiger partial charge on any atom is 0.279 e.